The van der Waals surface area contributed by atoms with Gasteiger partial charge in [-0.05, 0) is 42.5 Å². The van der Waals surface area contributed by atoms with Gasteiger partial charge in [0.1, 0.15) is 17.6 Å². The molecule has 36 heavy (non-hydrogen) atoms. The van der Waals surface area contributed by atoms with Gasteiger partial charge in [-0.15, -0.1) is 0 Å². The fraction of sp³-hybridized carbons (Fsp3) is 0.0741. The van der Waals surface area contributed by atoms with E-state index in [0.29, 0.717) is 28.2 Å². The number of nitriles is 1. The molecule has 0 fully saturated rings. The summed E-state index contributed by atoms with van der Waals surface area (Å²) in [4.78, 5) is 7.91. The molecular weight excluding hydrogens is 472 g/mol. The van der Waals surface area contributed by atoms with Crippen LogP contribution in [-0.4, -0.2) is 46.6 Å². The Bertz CT molecular complexity index is 1710. The van der Waals surface area contributed by atoms with Crippen molar-refractivity contribution in [2.45, 2.75) is 4.90 Å². The molecule has 8 nitrogen and oxygen atoms in total. The molecule has 1 N–H and O–H groups in total. The highest BCUT2D eigenvalue weighted by molar-refractivity contribution is 7.89. The molecule has 9 heteroatoms. The lowest BCUT2D eigenvalue weighted by Crippen LogP contribution is -2.22. The summed E-state index contributed by atoms with van der Waals surface area (Å²) in [7, 11) is -0.649. The topological polar surface area (TPSA) is 108 Å². The van der Waals surface area contributed by atoms with Gasteiger partial charge in [0, 0.05) is 31.4 Å². The zero-order valence-corrected chi connectivity index (χ0v) is 20.4. The van der Waals surface area contributed by atoms with E-state index >= 15 is 0 Å². The Hall–Kier alpha value is -4.52. The maximum absolute atomic E-state index is 12.8. The highest BCUT2D eigenvalue weighted by atomic mass is 32.2. The molecule has 0 saturated carbocycles. The molecule has 0 aliphatic rings. The van der Waals surface area contributed by atoms with Gasteiger partial charge in [-0.25, -0.2) is 22.4 Å². The van der Waals surface area contributed by atoms with E-state index in [2.05, 4.69) is 16.0 Å². The number of hydrogen-bond acceptors (Lipinski definition) is 5. The molecule has 0 radical (unpaired) electrons. The Kier molecular flexibility index (Phi) is 5.98. The van der Waals surface area contributed by atoms with Gasteiger partial charge in [0.2, 0.25) is 10.0 Å². The maximum atomic E-state index is 12.8. The zero-order chi connectivity index (χ0) is 25.3. The second-order valence-corrected chi connectivity index (χ2v) is 10.5. The molecular formula is C27H22N6O2S. The second kappa shape index (κ2) is 9.26. The first-order chi connectivity index (χ1) is 17.4. The Labute approximate surface area is 208 Å². The number of H-pyrrole nitrogens is 1. The predicted molar refractivity (Wildman–Crippen MR) is 139 cm³/mol. The van der Waals surface area contributed by atoms with E-state index in [1.807, 2.05) is 60.8 Å². The molecule has 0 spiro atoms. The minimum atomic E-state index is -3.64. The SMILES string of the molecule is CN(C)S(=O)(=O)c1cccc(-c2nn(-c3ccccc3)cc2C=C(C#N)c2nc3ccccc3[nH]2)c1. The zero-order valence-electron chi connectivity index (χ0n) is 19.6. The van der Waals surface area contributed by atoms with Gasteiger partial charge in [-0.3, -0.25) is 0 Å². The molecule has 0 aliphatic carbocycles. The fourth-order valence-electron chi connectivity index (χ4n) is 3.83. The Morgan fingerprint density at radius 1 is 1.03 bits per heavy atom. The minimum absolute atomic E-state index is 0.159. The minimum Gasteiger partial charge on any atom is -0.337 e. The van der Waals surface area contributed by atoms with Gasteiger partial charge >= 0.3 is 0 Å². The summed E-state index contributed by atoms with van der Waals surface area (Å²) in [5.41, 5.74) is 4.55. The van der Waals surface area contributed by atoms with Crippen LogP contribution in [0.15, 0.2) is 90.0 Å². The highest BCUT2D eigenvalue weighted by Gasteiger charge is 2.20. The number of fused-ring (bicyclic) bond motifs is 1. The summed E-state index contributed by atoms with van der Waals surface area (Å²) in [6, 6.07) is 26.0. The molecule has 3 aromatic carbocycles. The van der Waals surface area contributed by atoms with E-state index in [1.165, 1.54) is 18.4 Å². The quantitative estimate of drug-likeness (QED) is 0.343. The van der Waals surface area contributed by atoms with Crippen LogP contribution in [-0.2, 0) is 10.0 Å². The second-order valence-electron chi connectivity index (χ2n) is 8.30. The van der Waals surface area contributed by atoms with Crippen LogP contribution in [0.3, 0.4) is 0 Å². The van der Waals surface area contributed by atoms with Crippen molar-refractivity contribution < 1.29 is 8.42 Å². The average molecular weight is 495 g/mol. The van der Waals surface area contributed by atoms with Crippen LogP contribution in [0.25, 0.3) is 39.6 Å². The molecule has 5 aromatic rings. The third-order valence-corrected chi connectivity index (χ3v) is 7.53. The normalized spacial score (nSPS) is 12.2. The largest absolute Gasteiger partial charge is 0.337 e. The van der Waals surface area contributed by atoms with Gasteiger partial charge in [-0.2, -0.15) is 10.4 Å². The smallest absolute Gasteiger partial charge is 0.242 e. The number of para-hydroxylation sites is 3. The van der Waals surface area contributed by atoms with E-state index in [9.17, 15) is 13.7 Å². The molecule has 0 aliphatic heterocycles. The number of imidazole rings is 1. The van der Waals surface area contributed by atoms with E-state index < -0.39 is 10.0 Å². The predicted octanol–water partition coefficient (Wildman–Crippen LogP) is 4.73. The number of sulfonamides is 1. The van der Waals surface area contributed by atoms with Crippen LogP contribution in [0.5, 0.6) is 0 Å². The lowest BCUT2D eigenvalue weighted by molar-refractivity contribution is 0.521. The van der Waals surface area contributed by atoms with Crippen LogP contribution in [0.2, 0.25) is 0 Å². The highest BCUT2D eigenvalue weighted by Crippen LogP contribution is 2.29. The molecule has 0 unspecified atom stereocenters. The summed E-state index contributed by atoms with van der Waals surface area (Å²) >= 11 is 0. The molecule has 178 valence electrons. The number of nitrogens with zero attached hydrogens (tertiary/aromatic N) is 5. The number of allylic oxidation sites excluding steroid dienone is 1. The summed E-state index contributed by atoms with van der Waals surface area (Å²) in [5, 5.41) is 14.7. The summed E-state index contributed by atoms with van der Waals surface area (Å²) in [6.07, 6.45) is 3.53. The first-order valence-corrected chi connectivity index (χ1v) is 12.6. The van der Waals surface area contributed by atoms with Crippen LogP contribution in [0, 0.1) is 11.3 Å². The Morgan fingerprint density at radius 3 is 2.50 bits per heavy atom. The number of hydrogen-bond donors (Lipinski definition) is 1. The first-order valence-electron chi connectivity index (χ1n) is 11.1. The monoisotopic (exact) mass is 494 g/mol. The maximum Gasteiger partial charge on any atom is 0.242 e. The molecule has 2 heterocycles. The third-order valence-electron chi connectivity index (χ3n) is 5.71. The van der Waals surface area contributed by atoms with Crippen molar-refractivity contribution in [3.8, 4) is 23.0 Å². The van der Waals surface area contributed by atoms with Crippen molar-refractivity contribution in [1.82, 2.24) is 24.1 Å². The summed E-state index contributed by atoms with van der Waals surface area (Å²) in [5.74, 6) is 0.445. The van der Waals surface area contributed by atoms with E-state index in [-0.39, 0.29) is 4.90 Å². The average Bonchev–Trinajstić information content (AvgIpc) is 3.52. The van der Waals surface area contributed by atoms with Crippen molar-refractivity contribution in [3.05, 3.63) is 96.4 Å². The van der Waals surface area contributed by atoms with Crippen LogP contribution < -0.4 is 0 Å². The summed E-state index contributed by atoms with van der Waals surface area (Å²) < 4.78 is 28.4. The van der Waals surface area contributed by atoms with Crippen molar-refractivity contribution in [1.29, 1.82) is 5.26 Å². The van der Waals surface area contributed by atoms with E-state index in [1.54, 1.807) is 35.0 Å². The Balaban J connectivity index is 1.68. The lowest BCUT2D eigenvalue weighted by atomic mass is 10.1. The van der Waals surface area contributed by atoms with E-state index in [4.69, 9.17) is 5.10 Å². The van der Waals surface area contributed by atoms with Crippen molar-refractivity contribution in [2.75, 3.05) is 14.1 Å². The third kappa shape index (κ3) is 4.31. The Morgan fingerprint density at radius 2 is 1.78 bits per heavy atom. The molecule has 2 aromatic heterocycles. The fourth-order valence-corrected chi connectivity index (χ4v) is 4.78. The van der Waals surface area contributed by atoms with Crippen LogP contribution in [0.4, 0.5) is 0 Å². The van der Waals surface area contributed by atoms with Gasteiger partial charge in [0.15, 0.2) is 0 Å². The van der Waals surface area contributed by atoms with Gasteiger partial charge in [-0.1, -0.05) is 42.5 Å². The standard InChI is InChI=1S/C27H22N6O2S/c1-32(2)36(34,35)23-12-8-9-19(16-23)26-21(18-33(31-26)22-10-4-3-5-11-22)15-20(17-28)27-29-24-13-6-7-14-25(24)30-27/h3-16,18H,1-2H3,(H,29,30). The van der Waals surface area contributed by atoms with Crippen LogP contribution in [0.1, 0.15) is 11.4 Å². The van der Waals surface area contributed by atoms with Crippen molar-refractivity contribution in [2.24, 2.45) is 0 Å². The van der Waals surface area contributed by atoms with E-state index in [0.717, 1.165) is 16.7 Å². The lowest BCUT2D eigenvalue weighted by Gasteiger charge is -2.12. The molecule has 5 rings (SSSR count). The van der Waals surface area contributed by atoms with Crippen molar-refractivity contribution >= 4 is 32.7 Å². The first kappa shape index (κ1) is 23.2. The van der Waals surface area contributed by atoms with Gasteiger partial charge < -0.3 is 4.98 Å². The van der Waals surface area contributed by atoms with Crippen molar-refractivity contribution in [3.63, 3.8) is 0 Å². The number of aromatic nitrogens is 4. The molecule has 0 saturated heterocycles. The molecule has 0 amide bonds. The molecule has 0 bridgehead atoms. The number of benzene rings is 3. The number of aromatic amines is 1. The van der Waals surface area contributed by atoms with Gasteiger partial charge in [0.25, 0.3) is 0 Å². The number of rotatable bonds is 6. The molecule has 0 atom stereocenters. The van der Waals surface area contributed by atoms with Gasteiger partial charge in [0.05, 0.1) is 27.2 Å². The summed E-state index contributed by atoms with van der Waals surface area (Å²) in [6.45, 7) is 0. The number of nitrogens with one attached hydrogen (secondary N) is 1. The van der Waals surface area contributed by atoms with Crippen LogP contribution >= 0.6 is 0 Å².